The summed E-state index contributed by atoms with van der Waals surface area (Å²) in [5.41, 5.74) is 6.16. The van der Waals surface area contributed by atoms with Gasteiger partial charge in [0.15, 0.2) is 0 Å². The third-order valence-corrected chi connectivity index (χ3v) is 11.3. The molecule has 6 N–H and O–H groups in total. The Morgan fingerprint density at radius 3 is 1.15 bits per heavy atom. The lowest BCUT2D eigenvalue weighted by Gasteiger charge is -2.10. The average molecular weight is 1080 g/mol. The van der Waals surface area contributed by atoms with Crippen molar-refractivity contribution in [3.05, 3.63) is 176 Å². The second-order valence-electron chi connectivity index (χ2n) is 15.3. The number of hydrogen-bond acceptors (Lipinski definition) is 6. The molecule has 0 unspecified atom stereocenters. The van der Waals surface area contributed by atoms with Crippen LogP contribution in [0.15, 0.2) is 159 Å². The summed E-state index contributed by atoms with van der Waals surface area (Å²) in [6, 6.07) is 43.8. The molecule has 0 radical (unpaired) electrons. The molecule has 0 fully saturated rings. The van der Waals surface area contributed by atoms with Crippen molar-refractivity contribution in [2.45, 2.75) is 59.8 Å². The minimum absolute atomic E-state index is 0.0308. The molecule has 14 heteroatoms. The van der Waals surface area contributed by atoms with E-state index in [0.29, 0.717) is 58.2 Å². The molecule has 0 bridgehead atoms. The molecule has 0 heterocycles. The number of unbranched alkanes of at least 4 members (excludes halogenated alkanes) is 1. The minimum Gasteiger partial charge on any atom is -0.385 e. The van der Waals surface area contributed by atoms with E-state index in [4.69, 9.17) is 0 Å². The van der Waals surface area contributed by atoms with Crippen molar-refractivity contribution in [1.82, 2.24) is 0 Å². The van der Waals surface area contributed by atoms with Crippen LogP contribution < -0.4 is 31.9 Å². The van der Waals surface area contributed by atoms with Crippen molar-refractivity contribution in [1.29, 1.82) is 0 Å². The highest BCUT2D eigenvalue weighted by atomic mass is 79.9. The topological polar surface area (TPSA) is 158 Å². The van der Waals surface area contributed by atoms with E-state index < -0.39 is 0 Å². The molecule has 0 aliphatic heterocycles. The first kappa shape index (κ1) is 52.5. The summed E-state index contributed by atoms with van der Waals surface area (Å²) in [6.45, 7) is 9.05. The molecule has 0 spiro atoms. The van der Waals surface area contributed by atoms with Gasteiger partial charge in [0.05, 0.1) is 16.7 Å². The molecular formula is C52H55Br3N6O5. The van der Waals surface area contributed by atoms with E-state index >= 15 is 0 Å². The van der Waals surface area contributed by atoms with Crippen molar-refractivity contribution in [2.24, 2.45) is 5.92 Å². The number of benzene rings is 6. The number of carbonyl (C=O) groups is 5. The van der Waals surface area contributed by atoms with Gasteiger partial charge in [-0.1, -0.05) is 88.7 Å². The third kappa shape index (κ3) is 18.4. The van der Waals surface area contributed by atoms with Crippen LogP contribution in [0.5, 0.6) is 0 Å². The van der Waals surface area contributed by atoms with E-state index in [2.05, 4.69) is 86.6 Å². The molecule has 0 aliphatic carbocycles. The van der Waals surface area contributed by atoms with Gasteiger partial charge >= 0.3 is 0 Å². The van der Waals surface area contributed by atoms with E-state index in [1.165, 1.54) is 0 Å². The molecule has 11 nitrogen and oxygen atoms in total. The van der Waals surface area contributed by atoms with Gasteiger partial charge in [-0.15, -0.1) is 0 Å². The normalized spacial score (nSPS) is 10.2. The molecule has 0 atom stereocenters. The number of halogens is 3. The number of carbonyl (C=O) groups excluding carboxylic acids is 5. The molecule has 0 saturated heterocycles. The molecule has 0 aromatic heterocycles. The van der Waals surface area contributed by atoms with E-state index in [0.717, 1.165) is 50.6 Å². The molecular weight excluding hydrogens is 1030 g/mol. The fourth-order valence-corrected chi connectivity index (χ4v) is 7.43. The van der Waals surface area contributed by atoms with Crippen LogP contribution in [-0.4, -0.2) is 36.1 Å². The molecule has 6 aromatic carbocycles. The second kappa shape index (κ2) is 28.1. The van der Waals surface area contributed by atoms with Crippen LogP contribution >= 0.6 is 47.8 Å². The van der Waals surface area contributed by atoms with Gasteiger partial charge in [-0.25, -0.2) is 0 Å². The average Bonchev–Trinajstić information content (AvgIpc) is 3.27. The molecule has 5 amide bonds. The van der Waals surface area contributed by atoms with Crippen LogP contribution in [0.25, 0.3) is 0 Å². The Labute approximate surface area is 412 Å². The maximum Gasteiger partial charge on any atom is 0.256 e. The SMILES string of the molecule is CC(C)CC(=O)Nc1cccc(NC(=O)c2ccccc2Br)c1.CCCC(=O)Nc1cccc(NC(=O)c2ccccc2Br)c1.CCCCNc1cccc(NC(=O)c2ccccc2Br)c1. The van der Waals surface area contributed by atoms with Crippen molar-refractivity contribution >= 4 is 111 Å². The Balaban J connectivity index is 0.000000217. The van der Waals surface area contributed by atoms with Crippen LogP contribution in [0.1, 0.15) is 90.9 Å². The first-order valence-corrected chi connectivity index (χ1v) is 24.0. The zero-order chi connectivity index (χ0) is 47.8. The smallest absolute Gasteiger partial charge is 0.256 e. The fourth-order valence-electron chi connectivity index (χ4n) is 6.03. The summed E-state index contributed by atoms with van der Waals surface area (Å²) in [7, 11) is 0. The largest absolute Gasteiger partial charge is 0.385 e. The highest BCUT2D eigenvalue weighted by Crippen LogP contribution is 2.23. The van der Waals surface area contributed by atoms with Crippen molar-refractivity contribution < 1.29 is 24.0 Å². The summed E-state index contributed by atoms with van der Waals surface area (Å²) in [6.07, 6.45) is 4.03. The van der Waals surface area contributed by atoms with Gasteiger partial charge in [-0.2, -0.15) is 0 Å². The van der Waals surface area contributed by atoms with E-state index in [1.54, 1.807) is 72.8 Å². The van der Waals surface area contributed by atoms with Gasteiger partial charge in [-0.3, -0.25) is 24.0 Å². The van der Waals surface area contributed by atoms with Gasteiger partial charge < -0.3 is 31.9 Å². The van der Waals surface area contributed by atoms with Crippen LogP contribution in [0.3, 0.4) is 0 Å². The summed E-state index contributed by atoms with van der Waals surface area (Å²) in [4.78, 5) is 60.2. The highest BCUT2D eigenvalue weighted by molar-refractivity contribution is 9.11. The van der Waals surface area contributed by atoms with Crippen LogP contribution in [0, 0.1) is 5.92 Å². The molecule has 6 aromatic rings. The summed E-state index contributed by atoms with van der Waals surface area (Å²) < 4.78 is 2.26. The standard InChI is InChI=1S/C18H19BrN2O2.C17H17BrN2O2.C17H19BrN2O/c1-12(2)10-17(22)20-13-6-5-7-14(11-13)21-18(23)15-8-3-4-9-16(15)19;1-2-6-16(21)19-12-7-5-8-13(11-12)20-17(22)14-9-3-4-10-15(14)18;1-2-3-11-19-13-7-6-8-14(12-13)20-17(21)15-9-4-5-10-16(15)18/h3-9,11-12H,10H2,1-2H3,(H,20,22)(H,21,23);3-5,7-11H,2,6H2,1H3,(H,19,21)(H,20,22);4-10,12,19H,2-3,11H2,1H3,(H,20,21). The maximum absolute atomic E-state index is 12.3. The van der Waals surface area contributed by atoms with E-state index in [9.17, 15) is 24.0 Å². The lowest BCUT2D eigenvalue weighted by molar-refractivity contribution is -0.117. The van der Waals surface area contributed by atoms with Crippen LogP contribution in [0.4, 0.5) is 34.1 Å². The number of nitrogens with one attached hydrogen (secondary N) is 6. The second-order valence-corrected chi connectivity index (χ2v) is 17.8. The van der Waals surface area contributed by atoms with E-state index in [1.807, 2.05) is 93.6 Å². The van der Waals surface area contributed by atoms with Crippen LogP contribution in [0.2, 0.25) is 0 Å². The molecule has 0 aliphatic rings. The van der Waals surface area contributed by atoms with Gasteiger partial charge in [0, 0.05) is 66.9 Å². The predicted octanol–water partition coefficient (Wildman–Crippen LogP) is 14.0. The van der Waals surface area contributed by atoms with Gasteiger partial charge in [0.25, 0.3) is 17.7 Å². The van der Waals surface area contributed by atoms with Crippen LogP contribution in [-0.2, 0) is 9.59 Å². The summed E-state index contributed by atoms with van der Waals surface area (Å²) in [5, 5.41) is 17.6. The first-order valence-electron chi connectivity index (χ1n) is 21.6. The highest BCUT2D eigenvalue weighted by Gasteiger charge is 2.13. The molecule has 0 saturated carbocycles. The van der Waals surface area contributed by atoms with E-state index in [-0.39, 0.29) is 29.5 Å². The monoisotopic (exact) mass is 1080 g/mol. The number of anilines is 6. The Bertz CT molecular complexity index is 2570. The molecule has 6 rings (SSSR count). The molecule has 66 heavy (non-hydrogen) atoms. The predicted molar refractivity (Wildman–Crippen MR) is 281 cm³/mol. The summed E-state index contributed by atoms with van der Waals surface area (Å²) >= 11 is 10.1. The number of rotatable bonds is 16. The summed E-state index contributed by atoms with van der Waals surface area (Å²) in [5.74, 6) is -0.291. The minimum atomic E-state index is -0.205. The Morgan fingerprint density at radius 2 is 0.788 bits per heavy atom. The third-order valence-electron chi connectivity index (χ3n) is 9.21. The van der Waals surface area contributed by atoms with Gasteiger partial charge in [0.1, 0.15) is 0 Å². The Morgan fingerprint density at radius 1 is 0.439 bits per heavy atom. The Kier molecular flexibility index (Phi) is 22.3. The molecule has 344 valence electrons. The zero-order valence-electron chi connectivity index (χ0n) is 37.4. The first-order chi connectivity index (χ1) is 31.8. The number of amides is 5. The lowest BCUT2D eigenvalue weighted by Crippen LogP contribution is -2.15. The van der Waals surface area contributed by atoms with Crippen molar-refractivity contribution in [3.8, 4) is 0 Å². The maximum atomic E-state index is 12.3. The Hall–Kier alpha value is -6.09. The lowest BCUT2D eigenvalue weighted by atomic mass is 10.1. The van der Waals surface area contributed by atoms with Gasteiger partial charge in [0.2, 0.25) is 11.8 Å². The van der Waals surface area contributed by atoms with Crippen molar-refractivity contribution in [3.63, 3.8) is 0 Å². The fraction of sp³-hybridized carbons (Fsp3) is 0.212. The zero-order valence-corrected chi connectivity index (χ0v) is 42.1. The quantitative estimate of drug-likeness (QED) is 0.0530. The van der Waals surface area contributed by atoms with Gasteiger partial charge in [-0.05, 0) is 158 Å². The number of hydrogen-bond donors (Lipinski definition) is 6. The van der Waals surface area contributed by atoms with Crippen molar-refractivity contribution in [2.75, 3.05) is 38.4 Å².